The summed E-state index contributed by atoms with van der Waals surface area (Å²) in [6.07, 6.45) is 1.49. The maximum Gasteiger partial charge on any atom is 0.266 e. The van der Waals surface area contributed by atoms with E-state index in [0.717, 1.165) is 5.56 Å². The van der Waals surface area contributed by atoms with Gasteiger partial charge in [0.25, 0.3) is 5.91 Å². The Morgan fingerprint density at radius 3 is 2.74 bits per heavy atom. The molecule has 0 unspecified atom stereocenters. The van der Waals surface area contributed by atoms with Gasteiger partial charge in [-0.3, -0.25) is 4.79 Å². The first-order valence-corrected chi connectivity index (χ1v) is 10.9. The predicted octanol–water partition coefficient (Wildman–Crippen LogP) is 5.59. The highest BCUT2D eigenvalue weighted by molar-refractivity contribution is 6.31. The number of hydrogen-bond acceptors (Lipinski definition) is 6. The lowest BCUT2D eigenvalue weighted by atomic mass is 10.1. The molecule has 1 N–H and O–H groups in total. The fraction of sp³-hybridized carbons (Fsp3) is 0.154. The van der Waals surface area contributed by atoms with Crippen molar-refractivity contribution < 1.29 is 23.7 Å². The van der Waals surface area contributed by atoms with Crippen molar-refractivity contribution in [2.75, 3.05) is 18.7 Å². The van der Waals surface area contributed by atoms with Gasteiger partial charge in [0.15, 0.2) is 23.0 Å². The van der Waals surface area contributed by atoms with E-state index in [9.17, 15) is 10.1 Å². The summed E-state index contributed by atoms with van der Waals surface area (Å²) in [7, 11) is 0. The first-order chi connectivity index (χ1) is 16.6. The molecule has 0 aliphatic carbocycles. The van der Waals surface area contributed by atoms with Gasteiger partial charge in [-0.15, -0.1) is 0 Å². The number of rotatable bonds is 8. The molecule has 34 heavy (non-hydrogen) atoms. The molecule has 0 fully saturated rings. The Bertz CT molecular complexity index is 1280. The second-order valence-corrected chi connectivity index (χ2v) is 7.69. The van der Waals surface area contributed by atoms with Crippen LogP contribution in [0.15, 0.2) is 66.2 Å². The van der Waals surface area contributed by atoms with Gasteiger partial charge < -0.3 is 24.3 Å². The monoisotopic (exact) mass is 476 g/mol. The van der Waals surface area contributed by atoms with E-state index in [0.29, 0.717) is 52.5 Å². The van der Waals surface area contributed by atoms with Gasteiger partial charge in [-0.25, -0.2) is 0 Å². The number of ether oxygens (including phenoxy) is 4. The molecule has 7 nitrogen and oxygen atoms in total. The van der Waals surface area contributed by atoms with Crippen molar-refractivity contribution in [1.82, 2.24) is 0 Å². The highest BCUT2D eigenvalue weighted by Gasteiger charge is 2.15. The van der Waals surface area contributed by atoms with Gasteiger partial charge in [-0.1, -0.05) is 29.8 Å². The van der Waals surface area contributed by atoms with E-state index in [1.807, 2.05) is 31.2 Å². The number of anilines is 1. The molecule has 1 aliphatic heterocycles. The average Bonchev–Trinajstić information content (AvgIpc) is 3.30. The summed E-state index contributed by atoms with van der Waals surface area (Å²) in [6.45, 7) is 2.81. The highest BCUT2D eigenvalue weighted by atomic mass is 35.5. The number of carbonyl (C=O) groups is 1. The smallest absolute Gasteiger partial charge is 0.266 e. The lowest BCUT2D eigenvalue weighted by molar-refractivity contribution is -0.112. The Balaban J connectivity index is 1.49. The molecule has 0 saturated heterocycles. The molecule has 3 aromatic rings. The molecule has 8 heteroatoms. The van der Waals surface area contributed by atoms with E-state index < -0.39 is 5.91 Å². The summed E-state index contributed by atoms with van der Waals surface area (Å²) in [4.78, 5) is 12.6. The van der Waals surface area contributed by atoms with E-state index in [4.69, 9.17) is 30.5 Å². The Morgan fingerprint density at radius 1 is 1.09 bits per heavy atom. The van der Waals surface area contributed by atoms with Crippen molar-refractivity contribution in [1.29, 1.82) is 5.26 Å². The lowest BCUT2D eigenvalue weighted by Crippen LogP contribution is -2.13. The SMILES string of the molecule is CCOc1cc(/C=C(\C#N)C(=O)Nc2cccc(Cl)c2)ccc1OCc1ccc2c(c1)OCO2. The number of carbonyl (C=O) groups excluding carboxylic acids is 1. The van der Waals surface area contributed by atoms with Crippen molar-refractivity contribution in [2.24, 2.45) is 0 Å². The quantitative estimate of drug-likeness (QED) is 0.336. The first-order valence-electron chi connectivity index (χ1n) is 10.5. The third kappa shape index (κ3) is 5.61. The van der Waals surface area contributed by atoms with E-state index in [1.54, 1.807) is 42.5 Å². The number of halogens is 1. The molecule has 0 spiro atoms. The molecule has 172 valence electrons. The maximum absolute atomic E-state index is 12.6. The Labute approximate surface area is 202 Å². The number of fused-ring (bicyclic) bond motifs is 1. The number of nitriles is 1. The number of hydrogen-bond donors (Lipinski definition) is 1. The summed E-state index contributed by atoms with van der Waals surface area (Å²) in [6, 6.07) is 19.5. The average molecular weight is 477 g/mol. The van der Waals surface area contributed by atoms with Gasteiger partial charge in [-0.2, -0.15) is 5.26 Å². The molecular formula is C26H21ClN2O5. The van der Waals surface area contributed by atoms with Crippen molar-refractivity contribution in [2.45, 2.75) is 13.5 Å². The molecule has 0 atom stereocenters. The zero-order valence-corrected chi connectivity index (χ0v) is 19.1. The number of amides is 1. The van der Waals surface area contributed by atoms with Crippen LogP contribution in [-0.2, 0) is 11.4 Å². The molecule has 0 bridgehead atoms. The van der Waals surface area contributed by atoms with Crippen molar-refractivity contribution >= 4 is 29.3 Å². The van der Waals surface area contributed by atoms with Crippen molar-refractivity contribution in [3.63, 3.8) is 0 Å². The molecule has 0 radical (unpaired) electrons. The van der Waals surface area contributed by atoms with Crippen molar-refractivity contribution in [3.8, 4) is 29.1 Å². The van der Waals surface area contributed by atoms with Gasteiger partial charge in [0.2, 0.25) is 6.79 Å². The van der Waals surface area contributed by atoms with Crippen LogP contribution in [0.5, 0.6) is 23.0 Å². The molecule has 1 heterocycles. The Morgan fingerprint density at radius 2 is 1.94 bits per heavy atom. The standard InChI is InChI=1S/C26H21ClN2O5/c1-2-31-24-11-17(10-19(14-28)26(30)29-21-5-3-4-20(27)13-21)6-8-22(24)32-15-18-7-9-23-25(12-18)34-16-33-23/h3-13H,2,15-16H2,1H3,(H,29,30)/b19-10+. The van der Waals surface area contributed by atoms with Gasteiger partial charge >= 0.3 is 0 Å². The minimum atomic E-state index is -0.536. The second kappa shape index (κ2) is 10.6. The van der Waals surface area contributed by atoms with E-state index in [2.05, 4.69) is 5.32 Å². The molecular weight excluding hydrogens is 456 g/mol. The van der Waals surface area contributed by atoms with Crippen LogP contribution in [0, 0.1) is 11.3 Å². The van der Waals surface area contributed by atoms with Gasteiger partial charge in [-0.05, 0) is 66.6 Å². The van der Waals surface area contributed by atoms with Gasteiger partial charge in [0.1, 0.15) is 18.2 Å². The first kappa shape index (κ1) is 23.0. The summed E-state index contributed by atoms with van der Waals surface area (Å²) in [5, 5.41) is 12.7. The zero-order valence-electron chi connectivity index (χ0n) is 18.3. The number of nitrogens with zero attached hydrogens (tertiary/aromatic N) is 1. The van der Waals surface area contributed by atoms with Crippen molar-refractivity contribution in [3.05, 3.63) is 82.4 Å². The summed E-state index contributed by atoms with van der Waals surface area (Å²) >= 11 is 5.95. The fourth-order valence-electron chi connectivity index (χ4n) is 3.27. The molecule has 3 aromatic carbocycles. The molecule has 4 rings (SSSR count). The Kier molecular flexibility index (Phi) is 7.21. The number of nitrogens with one attached hydrogen (secondary N) is 1. The topological polar surface area (TPSA) is 89.8 Å². The summed E-state index contributed by atoms with van der Waals surface area (Å²) in [5.41, 5.74) is 1.98. The van der Waals surface area contributed by atoms with E-state index in [-0.39, 0.29) is 12.4 Å². The second-order valence-electron chi connectivity index (χ2n) is 7.25. The molecule has 0 saturated carbocycles. The highest BCUT2D eigenvalue weighted by Crippen LogP contribution is 2.34. The zero-order chi connectivity index (χ0) is 23.9. The predicted molar refractivity (Wildman–Crippen MR) is 128 cm³/mol. The Hall–Kier alpha value is -4.15. The van der Waals surface area contributed by atoms with Crippen LogP contribution in [0.2, 0.25) is 5.02 Å². The van der Waals surface area contributed by atoms with Gasteiger partial charge in [0.05, 0.1) is 6.61 Å². The fourth-order valence-corrected chi connectivity index (χ4v) is 3.46. The maximum atomic E-state index is 12.6. The third-order valence-corrected chi connectivity index (χ3v) is 5.09. The van der Waals surface area contributed by atoms with Crippen LogP contribution < -0.4 is 24.3 Å². The summed E-state index contributed by atoms with van der Waals surface area (Å²) < 4.78 is 22.4. The van der Waals surface area contributed by atoms with Crippen LogP contribution in [0.4, 0.5) is 5.69 Å². The lowest BCUT2D eigenvalue weighted by Gasteiger charge is -2.13. The molecule has 0 aromatic heterocycles. The van der Waals surface area contributed by atoms with Crippen LogP contribution in [-0.4, -0.2) is 19.3 Å². The molecule has 1 amide bonds. The van der Waals surface area contributed by atoms with Crippen LogP contribution in [0.25, 0.3) is 6.08 Å². The number of benzene rings is 3. The van der Waals surface area contributed by atoms with Crippen LogP contribution in [0.1, 0.15) is 18.1 Å². The minimum absolute atomic E-state index is 0.0588. The van der Waals surface area contributed by atoms with Crippen LogP contribution in [0.3, 0.4) is 0 Å². The normalized spacial score (nSPS) is 12.1. The molecule has 1 aliphatic rings. The third-order valence-electron chi connectivity index (χ3n) is 4.86. The van der Waals surface area contributed by atoms with Crippen LogP contribution >= 0.6 is 11.6 Å². The van der Waals surface area contributed by atoms with E-state index >= 15 is 0 Å². The largest absolute Gasteiger partial charge is 0.490 e. The van der Waals surface area contributed by atoms with E-state index in [1.165, 1.54) is 6.08 Å². The minimum Gasteiger partial charge on any atom is -0.490 e. The van der Waals surface area contributed by atoms with Gasteiger partial charge in [0, 0.05) is 10.7 Å². The summed E-state index contributed by atoms with van der Waals surface area (Å²) in [5.74, 6) is 1.91.